The molecule has 1 fully saturated rings. The molecule has 1 unspecified atom stereocenters. The molecule has 166 valence electrons. The topological polar surface area (TPSA) is 46.6 Å². The van der Waals surface area contributed by atoms with Crippen molar-refractivity contribution < 1.29 is 13.2 Å². The molecule has 0 aliphatic carbocycles. The van der Waals surface area contributed by atoms with Gasteiger partial charge < -0.3 is 4.74 Å². The molecule has 0 amide bonds. The number of sulfonamides is 1. The number of rotatable bonds is 5. The van der Waals surface area contributed by atoms with Crippen molar-refractivity contribution in [1.29, 1.82) is 0 Å². The Bertz CT molecular complexity index is 1280. The second-order valence-electron chi connectivity index (χ2n) is 8.24. The van der Waals surface area contributed by atoms with Gasteiger partial charge in [-0.25, -0.2) is 8.42 Å². The van der Waals surface area contributed by atoms with E-state index in [1.54, 1.807) is 12.1 Å². The molecule has 33 heavy (non-hydrogen) atoms. The Morgan fingerprint density at radius 3 is 1.73 bits per heavy atom. The van der Waals surface area contributed by atoms with Gasteiger partial charge in [0.1, 0.15) is 0 Å². The molecule has 0 N–H and O–H groups in total. The highest BCUT2D eigenvalue weighted by Gasteiger charge is 2.55. The molecular formula is C28H25NO3S. The van der Waals surface area contributed by atoms with Crippen molar-refractivity contribution >= 4 is 10.0 Å². The van der Waals surface area contributed by atoms with Crippen LogP contribution in [0.15, 0.2) is 120 Å². The zero-order valence-electron chi connectivity index (χ0n) is 18.3. The first kappa shape index (κ1) is 21.6. The number of ether oxygens (including phenoxy) is 1. The molecule has 1 heterocycles. The first-order valence-corrected chi connectivity index (χ1v) is 12.4. The number of nitrogens with zero attached hydrogens (tertiary/aromatic N) is 1. The second kappa shape index (κ2) is 8.60. The van der Waals surface area contributed by atoms with Gasteiger partial charge in [-0.1, -0.05) is 109 Å². The van der Waals surface area contributed by atoms with Gasteiger partial charge in [0.15, 0.2) is 5.72 Å². The molecule has 4 aromatic rings. The second-order valence-corrected chi connectivity index (χ2v) is 10.1. The van der Waals surface area contributed by atoms with E-state index in [1.807, 2.05) is 110 Å². The molecule has 1 saturated heterocycles. The number of benzene rings is 4. The van der Waals surface area contributed by atoms with Crippen LogP contribution in [0.4, 0.5) is 0 Å². The van der Waals surface area contributed by atoms with E-state index in [-0.39, 0.29) is 11.4 Å². The summed E-state index contributed by atoms with van der Waals surface area (Å²) in [6, 6.07) is 36.0. The van der Waals surface area contributed by atoms with Crippen LogP contribution in [0.3, 0.4) is 0 Å². The van der Waals surface area contributed by atoms with Crippen LogP contribution in [0.2, 0.25) is 0 Å². The average molecular weight is 456 g/mol. The van der Waals surface area contributed by atoms with Crippen LogP contribution in [-0.4, -0.2) is 19.3 Å². The molecule has 1 atom stereocenters. The maximum atomic E-state index is 14.1. The molecule has 1 aliphatic rings. The maximum absolute atomic E-state index is 14.1. The quantitative estimate of drug-likeness (QED) is 0.390. The highest BCUT2D eigenvalue weighted by Crippen LogP contribution is 2.49. The predicted molar refractivity (Wildman–Crippen MR) is 129 cm³/mol. The number of hydrogen-bond acceptors (Lipinski definition) is 3. The van der Waals surface area contributed by atoms with Crippen molar-refractivity contribution in [3.05, 3.63) is 138 Å². The predicted octanol–water partition coefficient (Wildman–Crippen LogP) is 5.66. The minimum absolute atomic E-state index is 0.198. The smallest absolute Gasteiger partial charge is 0.246 e. The lowest BCUT2D eigenvalue weighted by atomic mass is 9.94. The van der Waals surface area contributed by atoms with Crippen molar-refractivity contribution in [3.8, 4) is 0 Å². The summed E-state index contributed by atoms with van der Waals surface area (Å²) in [4.78, 5) is 0.252. The van der Waals surface area contributed by atoms with Crippen LogP contribution < -0.4 is 0 Å². The van der Waals surface area contributed by atoms with Crippen LogP contribution in [0.5, 0.6) is 0 Å². The summed E-state index contributed by atoms with van der Waals surface area (Å²) in [5.74, 6) is 0. The van der Waals surface area contributed by atoms with Crippen molar-refractivity contribution in [2.75, 3.05) is 6.54 Å². The number of hydrogen-bond donors (Lipinski definition) is 0. The van der Waals surface area contributed by atoms with Gasteiger partial charge in [-0.05, 0) is 24.6 Å². The Morgan fingerprint density at radius 1 is 0.727 bits per heavy atom. The molecule has 5 rings (SSSR count). The van der Waals surface area contributed by atoms with Crippen molar-refractivity contribution in [3.63, 3.8) is 0 Å². The van der Waals surface area contributed by atoms with Gasteiger partial charge in [-0.15, -0.1) is 0 Å². The summed E-state index contributed by atoms with van der Waals surface area (Å²) in [5.41, 5.74) is 2.18. The van der Waals surface area contributed by atoms with Gasteiger partial charge >= 0.3 is 0 Å². The summed E-state index contributed by atoms with van der Waals surface area (Å²) < 4.78 is 36.6. The monoisotopic (exact) mass is 455 g/mol. The van der Waals surface area contributed by atoms with Gasteiger partial charge in [0.2, 0.25) is 10.0 Å². The van der Waals surface area contributed by atoms with Crippen LogP contribution in [-0.2, 0) is 20.5 Å². The van der Waals surface area contributed by atoms with Crippen molar-refractivity contribution in [2.24, 2.45) is 0 Å². The normalized spacial score (nSPS) is 18.3. The Morgan fingerprint density at radius 2 is 1.21 bits per heavy atom. The Balaban J connectivity index is 1.75. The molecule has 1 aliphatic heterocycles. The van der Waals surface area contributed by atoms with Gasteiger partial charge in [0.05, 0.1) is 11.0 Å². The average Bonchev–Trinajstić information content (AvgIpc) is 3.29. The van der Waals surface area contributed by atoms with Gasteiger partial charge in [0.25, 0.3) is 0 Å². The van der Waals surface area contributed by atoms with Crippen LogP contribution in [0.25, 0.3) is 0 Å². The lowest BCUT2D eigenvalue weighted by molar-refractivity contribution is -0.0532. The van der Waals surface area contributed by atoms with Crippen LogP contribution in [0.1, 0.15) is 28.4 Å². The molecule has 0 spiro atoms. The van der Waals surface area contributed by atoms with Gasteiger partial charge in [-0.3, -0.25) is 0 Å². The van der Waals surface area contributed by atoms with Crippen molar-refractivity contribution in [2.45, 2.75) is 23.6 Å². The van der Waals surface area contributed by atoms with Crippen LogP contribution >= 0.6 is 0 Å². The van der Waals surface area contributed by atoms with E-state index in [1.165, 1.54) is 4.31 Å². The molecule has 0 bridgehead atoms. The van der Waals surface area contributed by atoms with E-state index >= 15 is 0 Å². The highest BCUT2D eigenvalue weighted by molar-refractivity contribution is 7.89. The zero-order chi connectivity index (χ0) is 22.9. The summed E-state index contributed by atoms with van der Waals surface area (Å²) in [5, 5.41) is 0. The fourth-order valence-electron chi connectivity index (χ4n) is 4.45. The van der Waals surface area contributed by atoms with Crippen molar-refractivity contribution in [1.82, 2.24) is 4.31 Å². The van der Waals surface area contributed by atoms with E-state index < -0.39 is 21.9 Å². The molecule has 0 aromatic heterocycles. The third kappa shape index (κ3) is 3.78. The summed E-state index contributed by atoms with van der Waals surface area (Å²) in [6.07, 6.45) is -0.424. The molecule has 5 heteroatoms. The molecule has 0 radical (unpaired) electrons. The molecule has 4 aromatic carbocycles. The standard InChI is InChI=1S/C28H25NO3S/c1-22-17-19-26(20-18-22)33(30,31)29-21-27(23-11-5-2-6-12-23)32-28(29,24-13-7-3-8-14-24)25-15-9-4-10-16-25/h2-20,27H,21H2,1H3. The first-order valence-electron chi connectivity index (χ1n) is 11.0. The van der Waals surface area contributed by atoms with E-state index in [0.717, 1.165) is 22.3 Å². The summed E-state index contributed by atoms with van der Waals surface area (Å²) >= 11 is 0. The molecular weight excluding hydrogens is 430 g/mol. The fourth-order valence-corrected chi connectivity index (χ4v) is 6.10. The Labute approximate surface area is 195 Å². The van der Waals surface area contributed by atoms with E-state index in [4.69, 9.17) is 4.74 Å². The van der Waals surface area contributed by atoms with Gasteiger partial charge in [0, 0.05) is 17.7 Å². The lowest BCUT2D eigenvalue weighted by Gasteiger charge is -2.37. The molecule has 4 nitrogen and oxygen atoms in total. The molecule has 0 saturated carbocycles. The van der Waals surface area contributed by atoms with Gasteiger partial charge in [-0.2, -0.15) is 4.31 Å². The highest BCUT2D eigenvalue weighted by atomic mass is 32.2. The third-order valence-corrected chi connectivity index (χ3v) is 7.96. The minimum atomic E-state index is -3.89. The third-order valence-electron chi connectivity index (χ3n) is 6.11. The SMILES string of the molecule is Cc1ccc(S(=O)(=O)N2CC(c3ccccc3)OC2(c2ccccc2)c2ccccc2)cc1. The van der Waals surface area contributed by atoms with Crippen LogP contribution in [0, 0.1) is 6.92 Å². The fraction of sp³-hybridized carbons (Fsp3) is 0.143. The zero-order valence-corrected chi connectivity index (χ0v) is 19.2. The Kier molecular flexibility index (Phi) is 5.62. The first-order chi connectivity index (χ1) is 16.0. The lowest BCUT2D eigenvalue weighted by Crippen LogP contribution is -2.46. The van der Waals surface area contributed by atoms with E-state index in [9.17, 15) is 8.42 Å². The minimum Gasteiger partial charge on any atom is -0.341 e. The van der Waals surface area contributed by atoms with E-state index in [2.05, 4.69) is 0 Å². The van der Waals surface area contributed by atoms with E-state index in [0.29, 0.717) is 0 Å². The summed E-state index contributed by atoms with van der Waals surface area (Å²) in [7, 11) is -3.89. The number of aryl methyl sites for hydroxylation is 1. The maximum Gasteiger partial charge on any atom is 0.246 e. The largest absolute Gasteiger partial charge is 0.341 e. The summed E-state index contributed by atoms with van der Waals surface area (Å²) in [6.45, 7) is 2.14. The Hall–Kier alpha value is -3.25.